The fourth-order valence-electron chi connectivity index (χ4n) is 1.69. The highest BCUT2D eigenvalue weighted by atomic mass is 16.5. The fraction of sp³-hybridized carbons (Fsp3) is 0.286. The Labute approximate surface area is 107 Å². The largest absolute Gasteiger partial charge is 0.464 e. The van der Waals surface area contributed by atoms with E-state index >= 15 is 0 Å². The molecule has 96 valence electrons. The van der Waals surface area contributed by atoms with Crippen LogP contribution in [-0.4, -0.2) is 19.0 Å². The van der Waals surface area contributed by atoms with Crippen LogP contribution >= 0.6 is 0 Å². The first-order valence-electron chi connectivity index (χ1n) is 5.74. The molecule has 0 aromatic heterocycles. The average molecular weight is 247 g/mol. The van der Waals surface area contributed by atoms with Crippen molar-refractivity contribution < 1.29 is 14.3 Å². The van der Waals surface area contributed by atoms with E-state index in [1.54, 1.807) is 0 Å². The summed E-state index contributed by atoms with van der Waals surface area (Å²) in [5.41, 5.74) is 1.87. The van der Waals surface area contributed by atoms with Gasteiger partial charge in [-0.2, -0.15) is 0 Å². The topological polar surface area (TPSA) is 55.4 Å². The van der Waals surface area contributed by atoms with Gasteiger partial charge in [0.2, 0.25) is 5.91 Å². The number of hydrogen-bond donors (Lipinski definition) is 1. The molecule has 0 atom stereocenters. The molecular formula is C14H17NO3. The number of amides is 1. The number of benzene rings is 1. The Morgan fingerprint density at radius 1 is 1.22 bits per heavy atom. The SMILES string of the molecule is CC/C(=C(\NC(C)=O)C(=O)OC)c1ccccc1. The Balaban J connectivity index is 3.29. The molecule has 0 bridgehead atoms. The maximum absolute atomic E-state index is 11.7. The Kier molecular flexibility index (Phi) is 5.11. The van der Waals surface area contributed by atoms with Crippen LogP contribution in [0.4, 0.5) is 0 Å². The maximum atomic E-state index is 11.7. The molecule has 0 saturated heterocycles. The number of nitrogens with one attached hydrogen (secondary N) is 1. The zero-order chi connectivity index (χ0) is 13.5. The van der Waals surface area contributed by atoms with Crippen molar-refractivity contribution >= 4 is 17.4 Å². The third-order valence-electron chi connectivity index (χ3n) is 2.47. The van der Waals surface area contributed by atoms with Crippen molar-refractivity contribution in [3.05, 3.63) is 41.6 Å². The highest BCUT2D eigenvalue weighted by Gasteiger charge is 2.17. The van der Waals surface area contributed by atoms with Gasteiger partial charge in [0.15, 0.2) is 0 Å². The number of carbonyl (C=O) groups is 2. The van der Waals surface area contributed by atoms with Crippen LogP contribution in [0.3, 0.4) is 0 Å². The predicted molar refractivity (Wildman–Crippen MR) is 69.5 cm³/mol. The lowest BCUT2D eigenvalue weighted by Crippen LogP contribution is -2.27. The van der Waals surface area contributed by atoms with Crippen LogP contribution in [0.2, 0.25) is 0 Å². The van der Waals surface area contributed by atoms with Crippen LogP contribution in [0.5, 0.6) is 0 Å². The van der Waals surface area contributed by atoms with Gasteiger partial charge in [-0.3, -0.25) is 4.79 Å². The lowest BCUT2D eigenvalue weighted by Gasteiger charge is -2.13. The van der Waals surface area contributed by atoms with E-state index in [-0.39, 0.29) is 11.6 Å². The van der Waals surface area contributed by atoms with E-state index in [2.05, 4.69) is 5.32 Å². The lowest BCUT2D eigenvalue weighted by molar-refractivity contribution is -0.137. The number of ether oxygens (including phenoxy) is 1. The smallest absolute Gasteiger partial charge is 0.354 e. The molecule has 0 aliphatic carbocycles. The molecule has 4 heteroatoms. The Bertz CT molecular complexity index is 463. The van der Waals surface area contributed by atoms with Gasteiger partial charge in [0.1, 0.15) is 5.70 Å². The average Bonchev–Trinajstić information content (AvgIpc) is 2.38. The van der Waals surface area contributed by atoms with Gasteiger partial charge in [-0.25, -0.2) is 4.79 Å². The van der Waals surface area contributed by atoms with E-state index in [1.807, 2.05) is 37.3 Å². The third-order valence-corrected chi connectivity index (χ3v) is 2.47. The maximum Gasteiger partial charge on any atom is 0.354 e. The second-order valence-electron chi connectivity index (χ2n) is 3.75. The normalized spacial score (nSPS) is 11.5. The number of allylic oxidation sites excluding steroid dienone is 1. The van der Waals surface area contributed by atoms with Gasteiger partial charge >= 0.3 is 5.97 Å². The predicted octanol–water partition coefficient (Wildman–Crippen LogP) is 2.12. The van der Waals surface area contributed by atoms with Crippen molar-refractivity contribution in [1.29, 1.82) is 0 Å². The fourth-order valence-corrected chi connectivity index (χ4v) is 1.69. The zero-order valence-electron chi connectivity index (χ0n) is 10.8. The summed E-state index contributed by atoms with van der Waals surface area (Å²) < 4.78 is 4.71. The summed E-state index contributed by atoms with van der Waals surface area (Å²) in [6, 6.07) is 9.45. The monoisotopic (exact) mass is 247 g/mol. The van der Waals surface area contributed by atoms with Crippen LogP contribution in [0.25, 0.3) is 5.57 Å². The van der Waals surface area contributed by atoms with Gasteiger partial charge in [0.25, 0.3) is 0 Å². The van der Waals surface area contributed by atoms with Crippen molar-refractivity contribution in [1.82, 2.24) is 5.32 Å². The number of rotatable bonds is 4. The van der Waals surface area contributed by atoms with E-state index in [4.69, 9.17) is 4.74 Å². The minimum Gasteiger partial charge on any atom is -0.464 e. The summed E-state index contributed by atoms with van der Waals surface area (Å²) in [6.07, 6.45) is 0.620. The first-order valence-corrected chi connectivity index (χ1v) is 5.74. The van der Waals surface area contributed by atoms with Crippen LogP contribution < -0.4 is 5.32 Å². The molecule has 18 heavy (non-hydrogen) atoms. The highest BCUT2D eigenvalue weighted by molar-refractivity contribution is 6.00. The number of esters is 1. The molecule has 0 heterocycles. The molecule has 0 spiro atoms. The highest BCUT2D eigenvalue weighted by Crippen LogP contribution is 2.21. The third kappa shape index (κ3) is 3.45. The molecule has 1 aromatic rings. The molecule has 1 rings (SSSR count). The Morgan fingerprint density at radius 3 is 2.28 bits per heavy atom. The van der Waals surface area contributed by atoms with E-state index in [0.29, 0.717) is 6.42 Å². The van der Waals surface area contributed by atoms with Crippen molar-refractivity contribution in [2.45, 2.75) is 20.3 Å². The molecule has 1 amide bonds. The number of hydrogen-bond acceptors (Lipinski definition) is 3. The molecule has 0 saturated carbocycles. The van der Waals surface area contributed by atoms with Gasteiger partial charge in [-0.15, -0.1) is 0 Å². The first-order chi connectivity index (χ1) is 8.60. The summed E-state index contributed by atoms with van der Waals surface area (Å²) >= 11 is 0. The van der Waals surface area contributed by atoms with Gasteiger partial charge in [-0.1, -0.05) is 37.3 Å². The summed E-state index contributed by atoms with van der Waals surface area (Å²) in [7, 11) is 1.29. The van der Waals surface area contributed by atoms with Crippen molar-refractivity contribution in [3.8, 4) is 0 Å². The summed E-state index contributed by atoms with van der Waals surface area (Å²) in [6.45, 7) is 3.29. The second-order valence-corrected chi connectivity index (χ2v) is 3.75. The minimum absolute atomic E-state index is 0.207. The Hall–Kier alpha value is -2.10. The quantitative estimate of drug-likeness (QED) is 0.655. The summed E-state index contributed by atoms with van der Waals surface area (Å²) in [5, 5.41) is 2.55. The molecule has 0 unspecified atom stereocenters. The standard InChI is InChI=1S/C14H17NO3/c1-4-12(11-8-6-5-7-9-11)13(14(17)18-3)15-10(2)16/h5-9H,4H2,1-3H3,(H,15,16)/b13-12+. The number of methoxy groups -OCH3 is 1. The molecule has 0 fully saturated rings. The molecule has 0 radical (unpaired) electrons. The molecular weight excluding hydrogens is 230 g/mol. The van der Waals surface area contributed by atoms with Crippen LogP contribution in [0.15, 0.2) is 36.0 Å². The summed E-state index contributed by atoms with van der Waals surface area (Å²) in [4.78, 5) is 22.9. The van der Waals surface area contributed by atoms with Crippen molar-refractivity contribution in [3.63, 3.8) is 0 Å². The molecule has 4 nitrogen and oxygen atoms in total. The van der Waals surface area contributed by atoms with E-state index in [9.17, 15) is 9.59 Å². The van der Waals surface area contributed by atoms with Gasteiger partial charge in [0, 0.05) is 6.92 Å². The van der Waals surface area contributed by atoms with Gasteiger partial charge < -0.3 is 10.1 Å². The van der Waals surface area contributed by atoms with Gasteiger partial charge in [0.05, 0.1) is 7.11 Å². The lowest BCUT2D eigenvalue weighted by atomic mass is 10.0. The van der Waals surface area contributed by atoms with Crippen molar-refractivity contribution in [2.24, 2.45) is 0 Å². The molecule has 1 aromatic carbocycles. The zero-order valence-corrected chi connectivity index (χ0v) is 10.8. The molecule has 0 aliphatic rings. The van der Waals surface area contributed by atoms with Crippen LogP contribution in [-0.2, 0) is 14.3 Å². The second kappa shape index (κ2) is 6.59. The van der Waals surface area contributed by atoms with Gasteiger partial charge in [-0.05, 0) is 17.6 Å². The minimum atomic E-state index is -0.536. The van der Waals surface area contributed by atoms with E-state index < -0.39 is 5.97 Å². The van der Waals surface area contributed by atoms with Crippen LogP contribution in [0.1, 0.15) is 25.8 Å². The Morgan fingerprint density at radius 2 is 1.83 bits per heavy atom. The number of carbonyl (C=O) groups excluding carboxylic acids is 2. The van der Waals surface area contributed by atoms with E-state index in [1.165, 1.54) is 14.0 Å². The van der Waals surface area contributed by atoms with E-state index in [0.717, 1.165) is 11.1 Å². The summed E-state index contributed by atoms with van der Waals surface area (Å²) in [5.74, 6) is -0.830. The molecule has 0 aliphatic heterocycles. The van der Waals surface area contributed by atoms with Crippen molar-refractivity contribution in [2.75, 3.05) is 7.11 Å². The molecule has 1 N–H and O–H groups in total. The van der Waals surface area contributed by atoms with Crippen LogP contribution in [0, 0.1) is 0 Å². The first kappa shape index (κ1) is 14.0.